The number of carbonyl (C=O) groups is 1. The molecule has 2 aromatic rings. The van der Waals surface area contributed by atoms with E-state index in [1.165, 1.54) is 24.3 Å². The molecule has 0 spiro atoms. The SMILES string of the molecule is C[C@@H]1c2nc(CC(=O)NCc3cccs3)cn2CCN1CC1CC1. The van der Waals surface area contributed by atoms with Crippen LogP contribution in [0.3, 0.4) is 0 Å². The second kappa shape index (κ2) is 6.69. The van der Waals surface area contributed by atoms with E-state index in [4.69, 9.17) is 4.98 Å². The van der Waals surface area contributed by atoms with Crippen molar-refractivity contribution in [1.29, 1.82) is 0 Å². The normalized spacial score (nSPS) is 20.8. The first-order valence-electron chi connectivity index (χ1n) is 8.78. The predicted octanol–water partition coefficient (Wildman–Crippen LogP) is 2.59. The standard InChI is InChI=1S/C18H24N4OS/c1-13-18-20-15(9-17(23)19-10-16-3-2-8-24-16)12-22(18)7-6-21(13)11-14-4-5-14/h2-3,8,12-14H,4-7,9-11H2,1H3,(H,19,23)/t13-/m1/s1. The van der Waals surface area contributed by atoms with Gasteiger partial charge in [0.1, 0.15) is 5.82 Å². The van der Waals surface area contributed by atoms with Crippen LogP contribution >= 0.6 is 11.3 Å². The number of hydrogen-bond donors (Lipinski definition) is 1. The number of thiophene rings is 1. The summed E-state index contributed by atoms with van der Waals surface area (Å²) in [5.74, 6) is 2.06. The summed E-state index contributed by atoms with van der Waals surface area (Å²) in [6, 6.07) is 4.39. The van der Waals surface area contributed by atoms with Crippen molar-refractivity contribution >= 4 is 17.2 Å². The van der Waals surface area contributed by atoms with E-state index in [0.29, 0.717) is 19.0 Å². The maximum absolute atomic E-state index is 12.2. The Balaban J connectivity index is 1.36. The maximum atomic E-state index is 12.2. The van der Waals surface area contributed by atoms with E-state index in [9.17, 15) is 4.79 Å². The van der Waals surface area contributed by atoms with E-state index in [0.717, 1.165) is 30.5 Å². The van der Waals surface area contributed by atoms with E-state index in [-0.39, 0.29) is 5.91 Å². The predicted molar refractivity (Wildman–Crippen MR) is 94.8 cm³/mol. The average molecular weight is 344 g/mol. The lowest BCUT2D eigenvalue weighted by Gasteiger charge is -2.33. The van der Waals surface area contributed by atoms with Gasteiger partial charge in [0.25, 0.3) is 0 Å². The van der Waals surface area contributed by atoms with Crippen molar-refractivity contribution in [2.45, 2.75) is 45.3 Å². The Kier molecular flexibility index (Phi) is 4.41. The third kappa shape index (κ3) is 3.54. The zero-order valence-corrected chi connectivity index (χ0v) is 14.9. The number of nitrogens with zero attached hydrogens (tertiary/aromatic N) is 3. The van der Waals surface area contributed by atoms with Crippen molar-refractivity contribution in [3.05, 3.63) is 40.1 Å². The van der Waals surface area contributed by atoms with Gasteiger partial charge in [-0.25, -0.2) is 4.98 Å². The summed E-state index contributed by atoms with van der Waals surface area (Å²) in [5, 5.41) is 5.01. The van der Waals surface area contributed by atoms with Gasteiger partial charge in [-0.1, -0.05) is 6.07 Å². The van der Waals surface area contributed by atoms with Crippen molar-refractivity contribution in [2.75, 3.05) is 13.1 Å². The highest BCUT2D eigenvalue weighted by molar-refractivity contribution is 7.09. The molecule has 1 fully saturated rings. The van der Waals surface area contributed by atoms with Crippen molar-refractivity contribution in [3.8, 4) is 0 Å². The average Bonchev–Trinajstić information content (AvgIpc) is 3.07. The van der Waals surface area contributed by atoms with Gasteiger partial charge in [0, 0.05) is 30.7 Å². The van der Waals surface area contributed by atoms with E-state index in [1.807, 2.05) is 17.5 Å². The molecule has 0 saturated heterocycles. The van der Waals surface area contributed by atoms with Gasteiger partial charge in [-0.05, 0) is 37.1 Å². The number of rotatable bonds is 6. The molecule has 0 radical (unpaired) electrons. The molecule has 1 aliphatic heterocycles. The summed E-state index contributed by atoms with van der Waals surface area (Å²) in [6.07, 6.45) is 5.19. The minimum atomic E-state index is 0.0429. The number of imidazole rings is 1. The highest BCUT2D eigenvalue weighted by atomic mass is 32.1. The molecule has 24 heavy (non-hydrogen) atoms. The van der Waals surface area contributed by atoms with Crippen LogP contribution in [0.2, 0.25) is 0 Å². The summed E-state index contributed by atoms with van der Waals surface area (Å²) in [5.41, 5.74) is 0.883. The Labute approximate surface area is 146 Å². The van der Waals surface area contributed by atoms with Gasteiger partial charge in [0.2, 0.25) is 5.91 Å². The Hall–Kier alpha value is -1.66. The van der Waals surface area contributed by atoms with Crippen LogP contribution in [0.15, 0.2) is 23.7 Å². The molecule has 128 valence electrons. The van der Waals surface area contributed by atoms with Crippen LogP contribution in [0, 0.1) is 5.92 Å². The summed E-state index contributed by atoms with van der Waals surface area (Å²) < 4.78 is 2.23. The molecule has 1 aliphatic carbocycles. The minimum Gasteiger partial charge on any atom is -0.351 e. The lowest BCUT2D eigenvalue weighted by atomic mass is 10.2. The fourth-order valence-corrected chi connectivity index (χ4v) is 4.03. The second-order valence-electron chi connectivity index (χ2n) is 6.93. The van der Waals surface area contributed by atoms with Crippen molar-refractivity contribution in [3.63, 3.8) is 0 Å². The Morgan fingerprint density at radius 2 is 2.29 bits per heavy atom. The molecular formula is C18H24N4OS. The van der Waals surface area contributed by atoms with Crippen molar-refractivity contribution < 1.29 is 4.79 Å². The van der Waals surface area contributed by atoms with Gasteiger partial charge in [0.15, 0.2) is 0 Å². The van der Waals surface area contributed by atoms with Crippen LogP contribution in [-0.2, 0) is 24.3 Å². The van der Waals surface area contributed by atoms with Crippen molar-refractivity contribution in [1.82, 2.24) is 19.8 Å². The number of nitrogens with one attached hydrogen (secondary N) is 1. The summed E-state index contributed by atoms with van der Waals surface area (Å²) in [6.45, 7) is 6.11. The third-order valence-electron chi connectivity index (χ3n) is 4.98. The molecular weight excluding hydrogens is 320 g/mol. The maximum Gasteiger partial charge on any atom is 0.226 e. The highest BCUT2D eigenvalue weighted by Crippen LogP contribution is 2.33. The summed E-state index contributed by atoms with van der Waals surface area (Å²) in [7, 11) is 0. The molecule has 3 heterocycles. The highest BCUT2D eigenvalue weighted by Gasteiger charge is 2.31. The molecule has 0 bridgehead atoms. The van der Waals surface area contributed by atoms with Gasteiger partial charge in [0.05, 0.1) is 24.7 Å². The van der Waals surface area contributed by atoms with Crippen molar-refractivity contribution in [2.24, 2.45) is 5.92 Å². The fraction of sp³-hybridized carbons (Fsp3) is 0.556. The zero-order valence-electron chi connectivity index (χ0n) is 14.1. The van der Waals surface area contributed by atoms with Crippen LogP contribution in [0.25, 0.3) is 0 Å². The van der Waals surface area contributed by atoms with Crippen LogP contribution < -0.4 is 5.32 Å². The van der Waals surface area contributed by atoms with Gasteiger partial charge in [-0.15, -0.1) is 11.3 Å². The molecule has 4 rings (SSSR count). The monoisotopic (exact) mass is 344 g/mol. The van der Waals surface area contributed by atoms with Gasteiger partial charge >= 0.3 is 0 Å². The summed E-state index contributed by atoms with van der Waals surface area (Å²) >= 11 is 1.66. The smallest absolute Gasteiger partial charge is 0.226 e. The molecule has 0 unspecified atom stereocenters. The summed E-state index contributed by atoms with van der Waals surface area (Å²) in [4.78, 5) is 20.6. The molecule has 5 nitrogen and oxygen atoms in total. The fourth-order valence-electron chi connectivity index (χ4n) is 3.38. The van der Waals surface area contributed by atoms with E-state index < -0.39 is 0 Å². The van der Waals surface area contributed by atoms with Gasteiger partial charge < -0.3 is 9.88 Å². The lowest BCUT2D eigenvalue weighted by Crippen LogP contribution is -2.38. The molecule has 6 heteroatoms. The Morgan fingerprint density at radius 3 is 3.04 bits per heavy atom. The first-order valence-corrected chi connectivity index (χ1v) is 9.66. The lowest BCUT2D eigenvalue weighted by molar-refractivity contribution is -0.120. The number of fused-ring (bicyclic) bond motifs is 1. The Morgan fingerprint density at radius 1 is 1.42 bits per heavy atom. The Bertz CT molecular complexity index is 705. The first-order chi connectivity index (χ1) is 11.7. The van der Waals surface area contributed by atoms with Gasteiger partial charge in [-0.3, -0.25) is 9.69 Å². The zero-order chi connectivity index (χ0) is 16.5. The number of aromatic nitrogens is 2. The van der Waals surface area contributed by atoms with Gasteiger partial charge in [-0.2, -0.15) is 0 Å². The number of carbonyl (C=O) groups excluding carboxylic acids is 1. The van der Waals surface area contributed by atoms with Crippen LogP contribution in [-0.4, -0.2) is 33.4 Å². The third-order valence-corrected chi connectivity index (χ3v) is 5.85. The first kappa shape index (κ1) is 15.8. The minimum absolute atomic E-state index is 0.0429. The van der Waals surface area contributed by atoms with Crippen LogP contribution in [0.5, 0.6) is 0 Å². The van der Waals surface area contributed by atoms with Crippen LogP contribution in [0.4, 0.5) is 0 Å². The molecule has 0 aromatic carbocycles. The molecule has 1 amide bonds. The molecule has 2 aliphatic rings. The molecule has 2 aromatic heterocycles. The number of amides is 1. The van der Waals surface area contributed by atoms with E-state index in [2.05, 4.69) is 27.9 Å². The second-order valence-corrected chi connectivity index (χ2v) is 7.96. The largest absolute Gasteiger partial charge is 0.351 e. The van der Waals surface area contributed by atoms with Crippen LogP contribution in [0.1, 0.15) is 42.2 Å². The quantitative estimate of drug-likeness (QED) is 0.876. The topological polar surface area (TPSA) is 50.2 Å². The molecule has 1 atom stereocenters. The number of hydrogen-bond acceptors (Lipinski definition) is 4. The van der Waals surface area contributed by atoms with E-state index >= 15 is 0 Å². The van der Waals surface area contributed by atoms with E-state index in [1.54, 1.807) is 11.3 Å². The molecule has 1 saturated carbocycles. The molecule has 1 N–H and O–H groups in total.